The molecule has 0 heterocycles. The van der Waals surface area contributed by atoms with E-state index in [0.29, 0.717) is 0 Å². The third-order valence-electron chi connectivity index (χ3n) is 0.811. The van der Waals surface area contributed by atoms with Crippen molar-refractivity contribution in [2.24, 2.45) is 5.73 Å². The van der Waals surface area contributed by atoms with Crippen LogP contribution in [0.1, 0.15) is 6.92 Å². The Morgan fingerprint density at radius 1 is 1.25 bits per heavy atom. The lowest BCUT2D eigenvalue weighted by Crippen LogP contribution is -2.39. The SMILES string of the molecule is COC(C)(N)OC.Cl. The summed E-state index contributed by atoms with van der Waals surface area (Å²) in [5, 5.41) is 0. The quantitative estimate of drug-likeness (QED) is 0.564. The maximum Gasteiger partial charge on any atom is 0.221 e. The van der Waals surface area contributed by atoms with Gasteiger partial charge in [-0.15, -0.1) is 12.4 Å². The molecule has 0 aliphatic rings. The van der Waals surface area contributed by atoms with Crippen LogP contribution in [-0.4, -0.2) is 20.1 Å². The molecule has 0 fully saturated rings. The Labute approximate surface area is 55.6 Å². The number of hydrogen-bond donors (Lipinski definition) is 1. The standard InChI is InChI=1S/C4H11NO2.ClH/c1-4(5,6-2)7-3;/h5H2,1-3H3;1H. The van der Waals surface area contributed by atoms with E-state index in [4.69, 9.17) is 5.73 Å². The van der Waals surface area contributed by atoms with E-state index in [1.54, 1.807) is 6.92 Å². The highest BCUT2D eigenvalue weighted by molar-refractivity contribution is 5.85. The third-order valence-corrected chi connectivity index (χ3v) is 0.811. The summed E-state index contributed by atoms with van der Waals surface area (Å²) in [6, 6.07) is 0. The lowest BCUT2D eigenvalue weighted by Gasteiger charge is -2.19. The molecule has 0 aromatic rings. The number of methoxy groups -OCH3 is 2. The third kappa shape index (κ3) is 4.33. The predicted octanol–water partition coefficient (Wildman–Crippen LogP) is 0.333. The van der Waals surface area contributed by atoms with Gasteiger partial charge in [0, 0.05) is 21.1 Å². The Balaban J connectivity index is 0. The highest BCUT2D eigenvalue weighted by Gasteiger charge is 2.12. The summed E-state index contributed by atoms with van der Waals surface area (Å²) < 4.78 is 9.28. The van der Waals surface area contributed by atoms with Crippen LogP contribution in [0.4, 0.5) is 0 Å². The molecule has 0 bridgehead atoms. The molecule has 2 N–H and O–H groups in total. The minimum Gasteiger partial charge on any atom is -0.341 e. The lowest BCUT2D eigenvalue weighted by molar-refractivity contribution is -0.188. The molecule has 0 saturated carbocycles. The molecule has 52 valence electrons. The maximum absolute atomic E-state index is 5.27. The Hall–Kier alpha value is 0.170. The first kappa shape index (κ1) is 11.0. The maximum atomic E-state index is 5.27. The molecular weight excluding hydrogens is 130 g/mol. The van der Waals surface area contributed by atoms with Crippen LogP contribution in [0.5, 0.6) is 0 Å². The summed E-state index contributed by atoms with van der Waals surface area (Å²) in [5.74, 6) is -0.917. The minimum absolute atomic E-state index is 0. The van der Waals surface area contributed by atoms with Gasteiger partial charge in [0.25, 0.3) is 0 Å². The first-order chi connectivity index (χ1) is 3.12. The molecule has 4 heteroatoms. The van der Waals surface area contributed by atoms with E-state index in [2.05, 4.69) is 9.47 Å². The number of ether oxygens (including phenoxy) is 2. The fourth-order valence-electron chi connectivity index (χ4n) is 0.0833. The van der Waals surface area contributed by atoms with Crippen molar-refractivity contribution in [3.63, 3.8) is 0 Å². The molecular formula is C4H12ClNO2. The van der Waals surface area contributed by atoms with Crippen LogP contribution in [0.25, 0.3) is 0 Å². The van der Waals surface area contributed by atoms with Crippen molar-refractivity contribution < 1.29 is 9.47 Å². The highest BCUT2D eigenvalue weighted by atomic mass is 35.5. The van der Waals surface area contributed by atoms with Crippen molar-refractivity contribution >= 4 is 12.4 Å². The van der Waals surface area contributed by atoms with Crippen LogP contribution in [-0.2, 0) is 9.47 Å². The first-order valence-corrected chi connectivity index (χ1v) is 2.01. The fraction of sp³-hybridized carbons (Fsp3) is 1.00. The first-order valence-electron chi connectivity index (χ1n) is 2.01. The van der Waals surface area contributed by atoms with Gasteiger partial charge in [0.15, 0.2) is 0 Å². The van der Waals surface area contributed by atoms with Gasteiger partial charge in [-0.1, -0.05) is 0 Å². The van der Waals surface area contributed by atoms with Gasteiger partial charge in [-0.05, 0) is 0 Å². The summed E-state index contributed by atoms with van der Waals surface area (Å²) in [6.45, 7) is 1.63. The minimum atomic E-state index is -0.917. The van der Waals surface area contributed by atoms with Gasteiger partial charge < -0.3 is 9.47 Å². The summed E-state index contributed by atoms with van der Waals surface area (Å²) in [7, 11) is 2.98. The van der Waals surface area contributed by atoms with Crippen LogP contribution < -0.4 is 5.73 Å². The number of rotatable bonds is 2. The van der Waals surface area contributed by atoms with E-state index in [0.717, 1.165) is 0 Å². The molecule has 0 atom stereocenters. The zero-order chi connectivity index (χ0) is 5.91. The molecule has 0 aliphatic heterocycles. The van der Waals surface area contributed by atoms with E-state index < -0.39 is 5.91 Å². The summed E-state index contributed by atoms with van der Waals surface area (Å²) in [6.07, 6.45) is 0. The van der Waals surface area contributed by atoms with E-state index in [1.807, 2.05) is 0 Å². The van der Waals surface area contributed by atoms with Gasteiger partial charge in [0.2, 0.25) is 5.91 Å². The summed E-state index contributed by atoms with van der Waals surface area (Å²) in [5.41, 5.74) is 5.27. The van der Waals surface area contributed by atoms with Crippen molar-refractivity contribution in [2.75, 3.05) is 14.2 Å². The van der Waals surface area contributed by atoms with Gasteiger partial charge in [-0.3, -0.25) is 5.73 Å². The van der Waals surface area contributed by atoms with Crippen LogP contribution in [0.15, 0.2) is 0 Å². The second-order valence-corrected chi connectivity index (χ2v) is 1.42. The highest BCUT2D eigenvalue weighted by Crippen LogP contribution is 1.96. The normalized spacial score (nSPS) is 10.5. The van der Waals surface area contributed by atoms with Crippen molar-refractivity contribution in [1.29, 1.82) is 0 Å². The molecule has 0 aromatic heterocycles. The second kappa shape index (κ2) is 4.09. The van der Waals surface area contributed by atoms with Gasteiger partial charge in [0.1, 0.15) is 0 Å². The molecule has 8 heavy (non-hydrogen) atoms. The Morgan fingerprint density at radius 3 is 1.50 bits per heavy atom. The van der Waals surface area contributed by atoms with Crippen LogP contribution in [0.3, 0.4) is 0 Å². The van der Waals surface area contributed by atoms with Gasteiger partial charge in [-0.25, -0.2) is 0 Å². The lowest BCUT2D eigenvalue weighted by atomic mass is 10.6. The van der Waals surface area contributed by atoms with Crippen molar-refractivity contribution in [2.45, 2.75) is 12.8 Å². The Morgan fingerprint density at radius 2 is 1.50 bits per heavy atom. The smallest absolute Gasteiger partial charge is 0.221 e. The van der Waals surface area contributed by atoms with Crippen LogP contribution in [0.2, 0.25) is 0 Å². The van der Waals surface area contributed by atoms with Gasteiger partial charge >= 0.3 is 0 Å². The van der Waals surface area contributed by atoms with Crippen LogP contribution >= 0.6 is 12.4 Å². The molecule has 0 unspecified atom stereocenters. The summed E-state index contributed by atoms with van der Waals surface area (Å²) in [4.78, 5) is 0. The van der Waals surface area contributed by atoms with Crippen LogP contribution in [0, 0.1) is 0 Å². The molecule has 3 nitrogen and oxygen atoms in total. The molecule has 0 amide bonds. The molecule has 0 rings (SSSR count). The number of halogens is 1. The number of nitrogens with two attached hydrogens (primary N) is 1. The average molecular weight is 142 g/mol. The Bertz CT molecular complexity index is 52.0. The number of hydrogen-bond acceptors (Lipinski definition) is 3. The van der Waals surface area contributed by atoms with E-state index in [1.165, 1.54) is 14.2 Å². The topological polar surface area (TPSA) is 44.5 Å². The Kier molecular flexibility index (Phi) is 5.64. The zero-order valence-electron chi connectivity index (χ0n) is 5.30. The van der Waals surface area contributed by atoms with E-state index in [-0.39, 0.29) is 12.4 Å². The van der Waals surface area contributed by atoms with Crippen molar-refractivity contribution in [1.82, 2.24) is 0 Å². The van der Waals surface area contributed by atoms with E-state index in [9.17, 15) is 0 Å². The van der Waals surface area contributed by atoms with Gasteiger partial charge in [-0.2, -0.15) is 0 Å². The molecule has 0 saturated heterocycles. The monoisotopic (exact) mass is 141 g/mol. The molecule has 0 aliphatic carbocycles. The van der Waals surface area contributed by atoms with Crippen molar-refractivity contribution in [3.05, 3.63) is 0 Å². The average Bonchev–Trinajstić information content (AvgIpc) is 1.68. The molecule has 0 spiro atoms. The predicted molar refractivity (Wildman–Crippen MR) is 33.9 cm³/mol. The van der Waals surface area contributed by atoms with E-state index >= 15 is 0 Å². The molecule has 0 aromatic carbocycles. The zero-order valence-corrected chi connectivity index (χ0v) is 6.12. The molecule has 0 radical (unpaired) electrons. The second-order valence-electron chi connectivity index (χ2n) is 1.42. The van der Waals surface area contributed by atoms with Gasteiger partial charge in [0.05, 0.1) is 0 Å². The fourth-order valence-corrected chi connectivity index (χ4v) is 0.0833. The largest absolute Gasteiger partial charge is 0.341 e. The van der Waals surface area contributed by atoms with Crippen molar-refractivity contribution in [3.8, 4) is 0 Å². The summed E-state index contributed by atoms with van der Waals surface area (Å²) >= 11 is 0.